The fraction of sp³-hybridized carbons (Fsp3) is 0.200. The summed E-state index contributed by atoms with van der Waals surface area (Å²) >= 11 is 0. The van der Waals surface area contributed by atoms with Gasteiger partial charge < -0.3 is 0 Å². The minimum Gasteiger partial charge on any atom is -0.259 e. The summed E-state index contributed by atoms with van der Waals surface area (Å²) in [6, 6.07) is 1.31. The average molecular weight is 245 g/mol. The molecule has 0 saturated carbocycles. The Morgan fingerprint density at radius 2 is 1.94 bits per heavy atom. The van der Waals surface area contributed by atoms with E-state index in [1.807, 2.05) is 0 Å². The summed E-state index contributed by atoms with van der Waals surface area (Å²) in [6.07, 6.45) is -3.45. The summed E-state index contributed by atoms with van der Waals surface area (Å²) in [5.74, 6) is -0.821. The van der Waals surface area contributed by atoms with Gasteiger partial charge in [0.25, 0.3) is 0 Å². The fourth-order valence-electron chi connectivity index (χ4n) is 1.42. The molecule has 1 aromatic carbocycles. The van der Waals surface area contributed by atoms with Crippen LogP contribution >= 0.6 is 0 Å². The van der Waals surface area contributed by atoms with Gasteiger partial charge in [-0.3, -0.25) is 5.10 Å². The van der Waals surface area contributed by atoms with E-state index >= 15 is 0 Å². The number of aromatic amines is 1. The molecule has 0 radical (unpaired) electrons. The Bertz CT molecular complexity index is 531. The quantitative estimate of drug-likeness (QED) is 0.785. The van der Waals surface area contributed by atoms with E-state index in [1.165, 1.54) is 6.92 Å². The maximum absolute atomic E-state index is 13.4. The van der Waals surface area contributed by atoms with Gasteiger partial charge in [-0.1, -0.05) is 0 Å². The molecular weight excluding hydrogens is 238 g/mol. The van der Waals surface area contributed by atoms with Crippen molar-refractivity contribution in [1.82, 2.24) is 15.2 Å². The Balaban J connectivity index is 2.64. The Hall–Kier alpha value is -1.92. The van der Waals surface area contributed by atoms with E-state index < -0.39 is 17.6 Å². The first-order valence-corrected chi connectivity index (χ1v) is 4.62. The normalized spacial score (nSPS) is 11.8. The molecule has 1 heterocycles. The first kappa shape index (κ1) is 11.6. The van der Waals surface area contributed by atoms with Gasteiger partial charge in [-0.2, -0.15) is 18.3 Å². The van der Waals surface area contributed by atoms with Gasteiger partial charge in [-0.05, 0) is 24.6 Å². The fourth-order valence-corrected chi connectivity index (χ4v) is 1.42. The molecule has 7 heteroatoms. The smallest absolute Gasteiger partial charge is 0.259 e. The molecule has 0 aliphatic rings. The van der Waals surface area contributed by atoms with Crippen LogP contribution in [0.3, 0.4) is 0 Å². The third kappa shape index (κ3) is 2.13. The number of H-pyrrole nitrogens is 1. The van der Waals surface area contributed by atoms with E-state index in [9.17, 15) is 17.6 Å². The number of hydrogen-bond donors (Lipinski definition) is 1. The first-order valence-electron chi connectivity index (χ1n) is 4.62. The molecule has 90 valence electrons. The molecule has 2 aromatic rings. The lowest BCUT2D eigenvalue weighted by molar-refractivity contribution is -0.137. The summed E-state index contributed by atoms with van der Waals surface area (Å²) < 4.78 is 50.9. The Morgan fingerprint density at radius 3 is 2.47 bits per heavy atom. The van der Waals surface area contributed by atoms with Gasteiger partial charge in [0.05, 0.1) is 5.56 Å². The van der Waals surface area contributed by atoms with Crippen LogP contribution < -0.4 is 0 Å². The van der Waals surface area contributed by atoms with Gasteiger partial charge in [0.15, 0.2) is 5.82 Å². The van der Waals surface area contributed by atoms with Crippen LogP contribution in [0.5, 0.6) is 0 Å². The molecule has 0 spiro atoms. The van der Waals surface area contributed by atoms with Crippen molar-refractivity contribution in [1.29, 1.82) is 0 Å². The highest BCUT2D eigenvalue weighted by atomic mass is 19.4. The molecule has 3 nitrogen and oxygen atoms in total. The molecule has 0 amide bonds. The summed E-state index contributed by atoms with van der Waals surface area (Å²) in [5.41, 5.74) is -0.906. The van der Waals surface area contributed by atoms with Crippen molar-refractivity contribution in [3.05, 3.63) is 35.4 Å². The van der Waals surface area contributed by atoms with Gasteiger partial charge in [0, 0.05) is 5.56 Å². The predicted molar refractivity (Wildman–Crippen MR) is 51.5 cm³/mol. The molecule has 0 saturated heterocycles. The van der Waals surface area contributed by atoms with Crippen molar-refractivity contribution in [2.45, 2.75) is 13.1 Å². The molecular formula is C10H7F4N3. The second-order valence-electron chi connectivity index (χ2n) is 3.46. The first-order chi connectivity index (χ1) is 7.89. The summed E-state index contributed by atoms with van der Waals surface area (Å²) in [4.78, 5) is 3.71. The van der Waals surface area contributed by atoms with E-state index in [0.717, 1.165) is 12.4 Å². The lowest BCUT2D eigenvalue weighted by Crippen LogP contribution is -2.07. The Labute approximate surface area is 93.5 Å². The van der Waals surface area contributed by atoms with Crippen LogP contribution in [0.1, 0.15) is 11.1 Å². The third-order valence-electron chi connectivity index (χ3n) is 2.34. The van der Waals surface area contributed by atoms with Gasteiger partial charge in [-0.15, -0.1) is 0 Å². The number of aromatic nitrogens is 3. The molecule has 0 bridgehead atoms. The average Bonchev–Trinajstić information content (AvgIpc) is 2.73. The largest absolute Gasteiger partial charge is 0.416 e. The second kappa shape index (κ2) is 3.83. The van der Waals surface area contributed by atoms with Crippen molar-refractivity contribution in [2.24, 2.45) is 0 Å². The lowest BCUT2D eigenvalue weighted by atomic mass is 10.0. The van der Waals surface area contributed by atoms with E-state index in [1.54, 1.807) is 0 Å². The lowest BCUT2D eigenvalue weighted by Gasteiger charge is -2.10. The zero-order valence-electron chi connectivity index (χ0n) is 8.64. The zero-order valence-corrected chi connectivity index (χ0v) is 8.64. The molecule has 17 heavy (non-hydrogen) atoms. The Morgan fingerprint density at radius 1 is 1.24 bits per heavy atom. The number of benzene rings is 1. The highest BCUT2D eigenvalue weighted by Gasteiger charge is 2.32. The van der Waals surface area contributed by atoms with E-state index in [0.29, 0.717) is 6.07 Å². The van der Waals surface area contributed by atoms with Gasteiger partial charge in [-0.25, -0.2) is 9.37 Å². The van der Waals surface area contributed by atoms with Gasteiger partial charge in [0.1, 0.15) is 12.1 Å². The molecule has 0 aliphatic carbocycles. The number of halogens is 4. The standard InChI is InChI=1S/C10H7F4N3/c1-5-7(9-15-4-16-17-9)2-6(3-8(5)11)10(12,13)14/h2-4H,1H3,(H,15,16,17). The van der Waals surface area contributed by atoms with Crippen LogP contribution in [0, 0.1) is 12.7 Å². The van der Waals surface area contributed by atoms with Crippen LogP contribution in [0.2, 0.25) is 0 Å². The minimum atomic E-state index is -4.59. The van der Waals surface area contributed by atoms with Gasteiger partial charge >= 0.3 is 6.18 Å². The molecule has 0 atom stereocenters. The maximum atomic E-state index is 13.4. The van der Waals surface area contributed by atoms with E-state index in [-0.39, 0.29) is 17.0 Å². The van der Waals surface area contributed by atoms with E-state index in [4.69, 9.17) is 0 Å². The second-order valence-corrected chi connectivity index (χ2v) is 3.46. The summed E-state index contributed by atoms with van der Waals surface area (Å²) in [6.45, 7) is 1.38. The highest BCUT2D eigenvalue weighted by molar-refractivity contribution is 5.61. The van der Waals surface area contributed by atoms with E-state index in [2.05, 4.69) is 15.2 Å². The molecule has 1 N–H and O–H groups in total. The zero-order chi connectivity index (χ0) is 12.6. The molecule has 2 rings (SSSR count). The van der Waals surface area contributed by atoms with Crippen LogP contribution in [0.15, 0.2) is 18.5 Å². The van der Waals surface area contributed by atoms with Crippen molar-refractivity contribution < 1.29 is 17.6 Å². The Kier molecular flexibility index (Phi) is 2.60. The molecule has 0 fully saturated rings. The van der Waals surface area contributed by atoms with Crippen LogP contribution in [-0.2, 0) is 6.18 Å². The number of alkyl halides is 3. The SMILES string of the molecule is Cc1c(F)cc(C(F)(F)F)cc1-c1ncn[nH]1. The van der Waals surface area contributed by atoms with Crippen molar-refractivity contribution in [3.8, 4) is 11.4 Å². The monoisotopic (exact) mass is 245 g/mol. The topological polar surface area (TPSA) is 41.6 Å². The van der Waals surface area contributed by atoms with Crippen LogP contribution in [0.25, 0.3) is 11.4 Å². The van der Waals surface area contributed by atoms with Crippen molar-refractivity contribution in [3.63, 3.8) is 0 Å². The third-order valence-corrected chi connectivity index (χ3v) is 2.34. The summed E-state index contributed by atoms with van der Waals surface area (Å²) in [7, 11) is 0. The molecule has 1 aromatic heterocycles. The van der Waals surface area contributed by atoms with Crippen molar-refractivity contribution >= 4 is 0 Å². The number of nitrogens with one attached hydrogen (secondary N) is 1. The predicted octanol–water partition coefficient (Wildman–Crippen LogP) is 2.94. The van der Waals surface area contributed by atoms with Gasteiger partial charge in [0.2, 0.25) is 0 Å². The molecule has 0 unspecified atom stereocenters. The number of hydrogen-bond acceptors (Lipinski definition) is 2. The number of nitrogens with zero attached hydrogens (tertiary/aromatic N) is 2. The van der Waals surface area contributed by atoms with Crippen molar-refractivity contribution in [2.75, 3.05) is 0 Å². The van der Waals surface area contributed by atoms with Crippen LogP contribution in [0.4, 0.5) is 17.6 Å². The highest BCUT2D eigenvalue weighted by Crippen LogP contribution is 2.34. The molecule has 0 aliphatic heterocycles. The van der Waals surface area contributed by atoms with Crippen LogP contribution in [-0.4, -0.2) is 15.2 Å². The number of rotatable bonds is 1. The minimum absolute atomic E-state index is 0.0508. The maximum Gasteiger partial charge on any atom is 0.416 e. The summed E-state index contributed by atoms with van der Waals surface area (Å²) in [5, 5.41) is 5.93.